The normalized spacial score (nSPS) is 14.1. The molecule has 0 spiro atoms. The Morgan fingerprint density at radius 2 is 1.89 bits per heavy atom. The first-order chi connectivity index (χ1) is 17.5. The molecule has 1 aliphatic rings. The summed E-state index contributed by atoms with van der Waals surface area (Å²) >= 11 is 0. The van der Waals surface area contributed by atoms with Crippen LogP contribution >= 0.6 is 0 Å². The van der Waals surface area contributed by atoms with Gasteiger partial charge in [-0.3, -0.25) is 14.8 Å². The summed E-state index contributed by atoms with van der Waals surface area (Å²) in [5.41, 5.74) is 9.54. The van der Waals surface area contributed by atoms with Crippen LogP contribution in [0.1, 0.15) is 48.0 Å². The molecule has 36 heavy (non-hydrogen) atoms. The average molecular weight is 485 g/mol. The van der Waals surface area contributed by atoms with Crippen molar-refractivity contribution in [2.75, 3.05) is 10.7 Å². The molecule has 184 valence electrons. The van der Waals surface area contributed by atoms with Gasteiger partial charge in [0, 0.05) is 23.2 Å². The number of rotatable bonds is 6. The van der Waals surface area contributed by atoms with Gasteiger partial charge in [-0.1, -0.05) is 37.5 Å². The molecule has 0 saturated heterocycles. The highest BCUT2D eigenvalue weighted by atomic mass is 19.1. The lowest BCUT2D eigenvalue weighted by atomic mass is 9.95. The van der Waals surface area contributed by atoms with Crippen molar-refractivity contribution >= 4 is 28.3 Å². The Morgan fingerprint density at radius 3 is 2.69 bits per heavy atom. The summed E-state index contributed by atoms with van der Waals surface area (Å²) in [5.74, 6) is 5.77. The molecule has 8 heteroatoms. The number of fused-ring (bicyclic) bond motifs is 1. The van der Waals surface area contributed by atoms with Crippen molar-refractivity contribution in [3.8, 4) is 11.3 Å². The Labute approximate surface area is 209 Å². The van der Waals surface area contributed by atoms with Gasteiger partial charge in [0.15, 0.2) is 5.82 Å². The van der Waals surface area contributed by atoms with Crippen LogP contribution in [0.2, 0.25) is 0 Å². The number of hydrogen-bond acceptors (Lipinski definition) is 6. The van der Waals surface area contributed by atoms with Gasteiger partial charge < -0.3 is 11.1 Å². The number of pyridine rings is 2. The number of hydrazine groups is 1. The first kappa shape index (κ1) is 23.7. The first-order valence-corrected chi connectivity index (χ1v) is 12.2. The number of carbonyl (C=O) groups is 1. The number of halogens is 1. The van der Waals surface area contributed by atoms with Gasteiger partial charge in [0.25, 0.3) is 5.91 Å². The molecule has 0 atom stereocenters. The first-order valence-electron chi connectivity index (χ1n) is 12.2. The lowest BCUT2D eigenvalue weighted by molar-refractivity contribution is 0.0923. The minimum atomic E-state index is -0.588. The Balaban J connectivity index is 1.34. The van der Waals surface area contributed by atoms with Crippen LogP contribution in [0.4, 0.5) is 15.9 Å². The molecular weight excluding hydrogens is 455 g/mol. The standard InChI is InChI=1S/C28H29FN6O/c29-23-16-20(9-10-22(23)28(36)33-21-6-2-1-3-7-21)26-13-11-24(30)27(34-26)35(31)17-18-8-12-25-19(15-18)5-4-14-32-25/h4-5,8-16,21H,1-3,6-7,17,30-31H2,(H,33,36). The van der Waals surface area contributed by atoms with Gasteiger partial charge in [-0.05, 0) is 60.9 Å². The van der Waals surface area contributed by atoms with E-state index in [2.05, 4.69) is 15.3 Å². The highest BCUT2D eigenvalue weighted by molar-refractivity contribution is 5.95. The highest BCUT2D eigenvalue weighted by Gasteiger charge is 2.20. The minimum Gasteiger partial charge on any atom is -0.396 e. The van der Waals surface area contributed by atoms with E-state index in [0.29, 0.717) is 29.3 Å². The van der Waals surface area contributed by atoms with E-state index in [1.165, 1.54) is 23.6 Å². The van der Waals surface area contributed by atoms with Crippen LogP contribution < -0.4 is 21.9 Å². The summed E-state index contributed by atoms with van der Waals surface area (Å²) in [6, 6.07) is 17.9. The van der Waals surface area contributed by atoms with Gasteiger partial charge >= 0.3 is 0 Å². The van der Waals surface area contributed by atoms with E-state index in [1.54, 1.807) is 24.4 Å². The van der Waals surface area contributed by atoms with Crippen molar-refractivity contribution in [3.63, 3.8) is 0 Å². The van der Waals surface area contributed by atoms with E-state index in [9.17, 15) is 9.18 Å². The third kappa shape index (κ3) is 5.13. The molecule has 2 aromatic carbocycles. The van der Waals surface area contributed by atoms with E-state index >= 15 is 0 Å². The predicted molar refractivity (Wildman–Crippen MR) is 140 cm³/mol. The van der Waals surface area contributed by atoms with Crippen molar-refractivity contribution in [1.82, 2.24) is 15.3 Å². The number of amides is 1. The second-order valence-corrected chi connectivity index (χ2v) is 9.27. The maximum Gasteiger partial charge on any atom is 0.254 e. The zero-order chi connectivity index (χ0) is 25.1. The number of benzene rings is 2. The quantitative estimate of drug-likeness (QED) is 0.264. The summed E-state index contributed by atoms with van der Waals surface area (Å²) in [5, 5.41) is 5.45. The predicted octanol–water partition coefficient (Wildman–Crippen LogP) is 4.96. The number of nitrogens with zero attached hydrogens (tertiary/aromatic N) is 3. The molecule has 0 radical (unpaired) electrons. The smallest absolute Gasteiger partial charge is 0.254 e. The molecule has 0 aliphatic heterocycles. The van der Waals surface area contributed by atoms with Crippen molar-refractivity contribution in [3.05, 3.63) is 83.8 Å². The molecular formula is C28H29FN6O. The third-order valence-corrected chi connectivity index (χ3v) is 6.65. The van der Waals surface area contributed by atoms with Crippen LogP contribution in [0.3, 0.4) is 0 Å². The van der Waals surface area contributed by atoms with Crippen LogP contribution in [-0.4, -0.2) is 21.9 Å². The molecule has 1 aliphatic carbocycles. The molecule has 1 saturated carbocycles. The fourth-order valence-electron chi connectivity index (χ4n) is 4.71. The lowest BCUT2D eigenvalue weighted by Crippen LogP contribution is -2.36. The van der Waals surface area contributed by atoms with E-state index in [1.807, 2.05) is 30.3 Å². The molecule has 1 fully saturated rings. The number of nitrogens with one attached hydrogen (secondary N) is 1. The van der Waals surface area contributed by atoms with Crippen molar-refractivity contribution in [2.45, 2.75) is 44.7 Å². The molecule has 4 aromatic rings. The van der Waals surface area contributed by atoms with Crippen LogP contribution in [0.5, 0.6) is 0 Å². The SMILES string of the molecule is Nc1ccc(-c2ccc(C(=O)NC3CCCCC3)c(F)c2)nc1N(N)Cc1ccc2ncccc2c1. The summed E-state index contributed by atoms with van der Waals surface area (Å²) < 4.78 is 14.9. The number of nitrogen functional groups attached to an aromatic ring is 1. The van der Waals surface area contributed by atoms with Crippen LogP contribution in [0, 0.1) is 5.82 Å². The Kier molecular flexibility index (Phi) is 6.77. The van der Waals surface area contributed by atoms with Gasteiger partial charge in [-0.25, -0.2) is 15.2 Å². The maximum atomic E-state index is 14.9. The van der Waals surface area contributed by atoms with Gasteiger partial charge in [0.2, 0.25) is 0 Å². The van der Waals surface area contributed by atoms with Gasteiger partial charge in [0.05, 0.1) is 29.0 Å². The third-order valence-electron chi connectivity index (χ3n) is 6.65. The van der Waals surface area contributed by atoms with E-state index < -0.39 is 5.82 Å². The van der Waals surface area contributed by atoms with Crippen LogP contribution in [0.25, 0.3) is 22.2 Å². The summed E-state index contributed by atoms with van der Waals surface area (Å²) in [7, 11) is 0. The number of aromatic nitrogens is 2. The summed E-state index contributed by atoms with van der Waals surface area (Å²) in [6.07, 6.45) is 7.00. The molecule has 7 nitrogen and oxygen atoms in total. The Hall–Kier alpha value is -4.04. The van der Waals surface area contributed by atoms with Gasteiger partial charge in [-0.15, -0.1) is 0 Å². The second-order valence-electron chi connectivity index (χ2n) is 9.27. The fraction of sp³-hybridized carbons (Fsp3) is 0.250. The average Bonchev–Trinajstić information content (AvgIpc) is 2.89. The lowest BCUT2D eigenvalue weighted by Gasteiger charge is -2.23. The molecule has 0 unspecified atom stereocenters. The zero-order valence-electron chi connectivity index (χ0n) is 20.0. The molecule has 5 rings (SSSR count). The van der Waals surface area contributed by atoms with Gasteiger partial charge in [0.1, 0.15) is 5.82 Å². The number of anilines is 2. The van der Waals surface area contributed by atoms with E-state index in [4.69, 9.17) is 11.6 Å². The number of nitrogens with two attached hydrogens (primary N) is 2. The monoisotopic (exact) mass is 484 g/mol. The van der Waals surface area contributed by atoms with Gasteiger partial charge in [-0.2, -0.15) is 0 Å². The number of hydrogen-bond donors (Lipinski definition) is 3. The fourth-order valence-corrected chi connectivity index (χ4v) is 4.71. The zero-order valence-corrected chi connectivity index (χ0v) is 20.0. The van der Waals surface area contributed by atoms with Crippen LogP contribution in [-0.2, 0) is 6.54 Å². The van der Waals surface area contributed by atoms with E-state index in [0.717, 1.165) is 42.1 Å². The minimum absolute atomic E-state index is 0.0336. The number of carbonyl (C=O) groups excluding carboxylic acids is 1. The van der Waals surface area contributed by atoms with Crippen molar-refractivity contribution in [1.29, 1.82) is 0 Å². The molecule has 0 bridgehead atoms. The van der Waals surface area contributed by atoms with Crippen LogP contribution in [0.15, 0.2) is 66.9 Å². The van der Waals surface area contributed by atoms with E-state index in [-0.39, 0.29) is 17.5 Å². The molecule has 1 amide bonds. The summed E-state index contributed by atoms with van der Waals surface area (Å²) in [4.78, 5) is 21.6. The molecule has 2 heterocycles. The Bertz CT molecular complexity index is 1400. The topological polar surface area (TPSA) is 110 Å². The maximum absolute atomic E-state index is 14.9. The highest BCUT2D eigenvalue weighted by Crippen LogP contribution is 2.27. The largest absolute Gasteiger partial charge is 0.396 e. The molecule has 2 aromatic heterocycles. The Morgan fingerprint density at radius 1 is 1.06 bits per heavy atom. The second kappa shape index (κ2) is 10.3. The molecule has 5 N–H and O–H groups in total. The summed E-state index contributed by atoms with van der Waals surface area (Å²) in [6.45, 7) is 0.375. The van der Waals surface area contributed by atoms with Crippen molar-refractivity contribution in [2.24, 2.45) is 5.84 Å². The van der Waals surface area contributed by atoms with Crippen molar-refractivity contribution < 1.29 is 9.18 Å².